The smallest absolute Gasteiger partial charge is 0.178 e. The first kappa shape index (κ1) is 20.8. The monoisotopic (exact) mass is 473 g/mol. The van der Waals surface area contributed by atoms with Crippen LogP contribution in [0.2, 0.25) is 0 Å². The minimum atomic E-state index is 0.621. The van der Waals surface area contributed by atoms with Gasteiger partial charge in [0.1, 0.15) is 5.52 Å². The van der Waals surface area contributed by atoms with E-state index in [1.165, 1.54) is 18.4 Å². The predicted octanol–water partition coefficient (Wildman–Crippen LogP) is 4.62. The molecule has 2 N–H and O–H groups in total. The second kappa shape index (κ2) is 8.62. The summed E-state index contributed by atoms with van der Waals surface area (Å²) in [6.45, 7) is 3.23. The van der Waals surface area contributed by atoms with Gasteiger partial charge in [-0.3, -0.25) is 20.0 Å². The fraction of sp³-hybridized carbons (Fsp3) is 0.185. The van der Waals surface area contributed by atoms with Crippen molar-refractivity contribution in [1.82, 2.24) is 45.0 Å². The maximum absolute atomic E-state index is 4.97. The van der Waals surface area contributed by atoms with Crippen LogP contribution in [0.15, 0.2) is 67.4 Å². The number of rotatable bonds is 5. The molecule has 9 nitrogen and oxygen atoms in total. The van der Waals surface area contributed by atoms with Crippen molar-refractivity contribution in [2.75, 3.05) is 13.1 Å². The number of aromatic nitrogens is 8. The maximum atomic E-state index is 4.97. The fourth-order valence-corrected chi connectivity index (χ4v) is 4.93. The molecule has 0 unspecified atom stereocenters. The fourth-order valence-electron chi connectivity index (χ4n) is 4.93. The standard InChI is InChI=1S/C27H23N9/c1-2-12-36(11-1)16-17-13-19(15-29-14-17)21-3-4-22-24(31-21)25(35-34-22)27-32-23-20(7-10-30-26(23)33-27)18-5-8-28-9-6-18/h3-10,13-15H,1-2,11-12,16H2,(H,34,35)(H,30,32,33). The van der Waals surface area contributed by atoms with E-state index in [-0.39, 0.29) is 0 Å². The topological polar surface area (TPSA) is 112 Å². The molecule has 9 heteroatoms. The number of pyridine rings is 4. The number of fused-ring (bicyclic) bond motifs is 2. The first-order valence-electron chi connectivity index (χ1n) is 12.1. The first-order chi connectivity index (χ1) is 17.8. The average Bonchev–Trinajstić information content (AvgIpc) is 3.68. The lowest BCUT2D eigenvalue weighted by molar-refractivity contribution is 0.331. The van der Waals surface area contributed by atoms with E-state index in [2.05, 4.69) is 41.1 Å². The van der Waals surface area contributed by atoms with Crippen LogP contribution < -0.4 is 0 Å². The molecule has 7 rings (SSSR count). The molecular weight excluding hydrogens is 450 g/mol. The molecule has 1 aliphatic heterocycles. The number of hydrogen-bond donors (Lipinski definition) is 2. The van der Waals surface area contributed by atoms with Crippen molar-refractivity contribution in [2.24, 2.45) is 0 Å². The Hall–Kier alpha value is -4.50. The molecule has 1 saturated heterocycles. The first-order valence-corrected chi connectivity index (χ1v) is 12.1. The van der Waals surface area contributed by atoms with Crippen LogP contribution >= 0.6 is 0 Å². The highest BCUT2D eigenvalue weighted by Crippen LogP contribution is 2.31. The lowest BCUT2D eigenvalue weighted by atomic mass is 10.1. The molecule has 6 aromatic rings. The van der Waals surface area contributed by atoms with Crippen LogP contribution in [0.3, 0.4) is 0 Å². The highest BCUT2D eigenvalue weighted by molar-refractivity contribution is 5.94. The number of nitrogens with one attached hydrogen (secondary N) is 2. The van der Waals surface area contributed by atoms with Gasteiger partial charge in [0.2, 0.25) is 0 Å². The Morgan fingerprint density at radius 1 is 0.861 bits per heavy atom. The van der Waals surface area contributed by atoms with Gasteiger partial charge in [0, 0.05) is 48.7 Å². The van der Waals surface area contributed by atoms with Gasteiger partial charge in [-0.1, -0.05) is 0 Å². The van der Waals surface area contributed by atoms with Crippen LogP contribution in [-0.2, 0) is 6.54 Å². The minimum absolute atomic E-state index is 0.621. The van der Waals surface area contributed by atoms with E-state index < -0.39 is 0 Å². The number of nitrogens with zero attached hydrogens (tertiary/aromatic N) is 7. The Kier molecular flexibility index (Phi) is 4.99. The number of H-pyrrole nitrogens is 2. The van der Waals surface area contributed by atoms with E-state index in [0.717, 1.165) is 58.6 Å². The number of imidazole rings is 1. The molecule has 0 saturated carbocycles. The van der Waals surface area contributed by atoms with Crippen LogP contribution in [0, 0.1) is 0 Å². The zero-order valence-corrected chi connectivity index (χ0v) is 19.5. The van der Waals surface area contributed by atoms with Gasteiger partial charge in [0.25, 0.3) is 0 Å². The average molecular weight is 474 g/mol. The van der Waals surface area contributed by atoms with E-state index in [1.54, 1.807) is 18.6 Å². The molecule has 0 radical (unpaired) electrons. The number of aromatic amines is 2. The molecule has 0 bridgehead atoms. The molecule has 7 heterocycles. The van der Waals surface area contributed by atoms with E-state index in [1.807, 2.05) is 42.7 Å². The third-order valence-electron chi connectivity index (χ3n) is 6.71. The van der Waals surface area contributed by atoms with Crippen LogP contribution in [-0.4, -0.2) is 58.1 Å². The van der Waals surface area contributed by atoms with Gasteiger partial charge in [-0.25, -0.2) is 15.0 Å². The van der Waals surface area contributed by atoms with Crippen molar-refractivity contribution in [1.29, 1.82) is 0 Å². The normalized spacial score (nSPS) is 14.2. The molecule has 36 heavy (non-hydrogen) atoms. The highest BCUT2D eigenvalue weighted by atomic mass is 15.2. The zero-order chi connectivity index (χ0) is 23.9. The molecule has 0 aromatic carbocycles. The number of likely N-dealkylation sites (tertiary alicyclic amines) is 1. The second-order valence-corrected chi connectivity index (χ2v) is 9.11. The van der Waals surface area contributed by atoms with Gasteiger partial charge in [0.15, 0.2) is 17.2 Å². The molecule has 1 fully saturated rings. The summed E-state index contributed by atoms with van der Waals surface area (Å²) in [5.41, 5.74) is 8.84. The molecule has 1 aliphatic rings. The van der Waals surface area contributed by atoms with Crippen LogP contribution in [0.5, 0.6) is 0 Å². The minimum Gasteiger partial charge on any atom is -0.335 e. The Bertz CT molecular complexity index is 1680. The van der Waals surface area contributed by atoms with Crippen molar-refractivity contribution >= 4 is 22.2 Å². The Balaban J connectivity index is 1.28. The van der Waals surface area contributed by atoms with Crippen LogP contribution in [0.4, 0.5) is 0 Å². The van der Waals surface area contributed by atoms with Crippen molar-refractivity contribution in [2.45, 2.75) is 19.4 Å². The Labute approximate surface area is 206 Å². The largest absolute Gasteiger partial charge is 0.335 e. The van der Waals surface area contributed by atoms with Gasteiger partial charge in [-0.05, 0) is 73.5 Å². The summed E-state index contributed by atoms with van der Waals surface area (Å²) in [7, 11) is 0. The number of hydrogen-bond acceptors (Lipinski definition) is 7. The third kappa shape index (κ3) is 3.70. The van der Waals surface area contributed by atoms with Crippen LogP contribution in [0.25, 0.3) is 56.1 Å². The SMILES string of the molecule is c1cc(-c2ccnc3nc(-c4n[nH]c5ccc(-c6cncc(CN7CCCC7)c6)nc45)[nH]c23)ccn1. The van der Waals surface area contributed by atoms with Crippen molar-refractivity contribution in [3.05, 3.63) is 72.9 Å². The molecule has 0 aliphatic carbocycles. The van der Waals surface area contributed by atoms with Gasteiger partial charge in [-0.2, -0.15) is 5.10 Å². The molecular formula is C27H23N9. The Morgan fingerprint density at radius 2 is 1.75 bits per heavy atom. The predicted molar refractivity (Wildman–Crippen MR) is 138 cm³/mol. The molecule has 0 spiro atoms. The summed E-state index contributed by atoms with van der Waals surface area (Å²) in [6, 6.07) is 12.1. The quantitative estimate of drug-likeness (QED) is 0.376. The maximum Gasteiger partial charge on any atom is 0.178 e. The van der Waals surface area contributed by atoms with E-state index >= 15 is 0 Å². The zero-order valence-electron chi connectivity index (χ0n) is 19.5. The lowest BCUT2D eigenvalue weighted by Crippen LogP contribution is -2.18. The van der Waals surface area contributed by atoms with Crippen molar-refractivity contribution in [3.8, 4) is 33.9 Å². The van der Waals surface area contributed by atoms with Crippen molar-refractivity contribution < 1.29 is 0 Å². The van der Waals surface area contributed by atoms with Crippen LogP contribution in [0.1, 0.15) is 18.4 Å². The molecule has 176 valence electrons. The molecule has 0 amide bonds. The van der Waals surface area contributed by atoms with Gasteiger partial charge in [-0.15, -0.1) is 0 Å². The summed E-state index contributed by atoms with van der Waals surface area (Å²) in [6.07, 6.45) is 11.7. The van der Waals surface area contributed by atoms with Gasteiger partial charge < -0.3 is 4.98 Å². The second-order valence-electron chi connectivity index (χ2n) is 9.11. The lowest BCUT2D eigenvalue weighted by Gasteiger charge is -2.14. The summed E-state index contributed by atoms with van der Waals surface area (Å²) < 4.78 is 0. The molecule has 6 aromatic heterocycles. The van der Waals surface area contributed by atoms with Crippen molar-refractivity contribution in [3.63, 3.8) is 0 Å². The molecule has 0 atom stereocenters. The third-order valence-corrected chi connectivity index (χ3v) is 6.71. The van der Waals surface area contributed by atoms with Gasteiger partial charge >= 0.3 is 0 Å². The van der Waals surface area contributed by atoms with E-state index in [4.69, 9.17) is 9.97 Å². The summed E-state index contributed by atoms with van der Waals surface area (Å²) in [5.74, 6) is 0.621. The Morgan fingerprint density at radius 3 is 2.64 bits per heavy atom. The summed E-state index contributed by atoms with van der Waals surface area (Å²) in [5, 5.41) is 7.63. The highest BCUT2D eigenvalue weighted by Gasteiger charge is 2.18. The van der Waals surface area contributed by atoms with E-state index in [0.29, 0.717) is 17.2 Å². The summed E-state index contributed by atoms with van der Waals surface area (Å²) in [4.78, 5) is 28.7. The van der Waals surface area contributed by atoms with E-state index in [9.17, 15) is 0 Å². The summed E-state index contributed by atoms with van der Waals surface area (Å²) >= 11 is 0. The van der Waals surface area contributed by atoms with Gasteiger partial charge in [0.05, 0.1) is 16.7 Å².